The van der Waals surface area contributed by atoms with Crippen LogP contribution in [0, 0.1) is 0 Å². The smallest absolute Gasteiger partial charge is 0.182 e. The molecule has 0 aliphatic heterocycles. The van der Waals surface area contributed by atoms with Crippen LogP contribution in [0.4, 0.5) is 5.82 Å². The van der Waals surface area contributed by atoms with E-state index >= 15 is 0 Å². The molecule has 0 unspecified atom stereocenters. The zero-order chi connectivity index (χ0) is 15.2. The Kier molecular flexibility index (Phi) is 4.81. The molecule has 2 N–H and O–H groups in total. The van der Waals surface area contributed by atoms with E-state index in [-0.39, 0.29) is 0 Å². The lowest BCUT2D eigenvalue weighted by Crippen LogP contribution is -2.04. The maximum atomic E-state index is 4.58. The summed E-state index contributed by atoms with van der Waals surface area (Å²) >= 11 is 0. The van der Waals surface area contributed by atoms with Gasteiger partial charge in [-0.3, -0.25) is 4.99 Å². The Bertz CT molecular complexity index is 708. The van der Waals surface area contributed by atoms with Crippen molar-refractivity contribution < 1.29 is 0 Å². The van der Waals surface area contributed by atoms with Crippen LogP contribution < -0.4 is 5.32 Å². The van der Waals surface area contributed by atoms with E-state index in [1.54, 1.807) is 6.33 Å². The van der Waals surface area contributed by atoms with E-state index in [9.17, 15) is 0 Å². The molecule has 0 saturated heterocycles. The quantitative estimate of drug-likeness (QED) is 0.824. The Labute approximate surface area is 124 Å². The number of aromatic amines is 1. The van der Waals surface area contributed by atoms with Crippen LogP contribution in [-0.2, 0) is 0 Å². The summed E-state index contributed by atoms with van der Waals surface area (Å²) in [6, 6.07) is 0. The molecule has 0 atom stereocenters. The molecule has 6 heteroatoms. The number of allylic oxidation sites excluding steroid dienone is 4. The minimum Gasteiger partial charge on any atom is -0.340 e. The Hall–Kier alpha value is -2.50. The number of anilines is 1. The zero-order valence-corrected chi connectivity index (χ0v) is 12.8. The van der Waals surface area contributed by atoms with E-state index < -0.39 is 0 Å². The number of fused-ring (bicyclic) bond motifs is 1. The second-order valence-corrected chi connectivity index (χ2v) is 4.62. The number of nitrogens with zero attached hydrogens (tertiary/aromatic N) is 4. The molecule has 0 aromatic carbocycles. The monoisotopic (exact) mass is 284 g/mol. The average molecular weight is 284 g/mol. The minimum absolute atomic E-state index is 0.647. The van der Waals surface area contributed by atoms with Gasteiger partial charge in [0.15, 0.2) is 11.5 Å². The van der Waals surface area contributed by atoms with Gasteiger partial charge in [0, 0.05) is 11.4 Å². The van der Waals surface area contributed by atoms with Gasteiger partial charge in [0.25, 0.3) is 0 Å². The van der Waals surface area contributed by atoms with Gasteiger partial charge in [0.2, 0.25) is 0 Å². The Morgan fingerprint density at radius 1 is 1.33 bits per heavy atom. The molecule has 2 rings (SSSR count). The SMILES string of the molecule is C\C=C/C(C)=N/C(C)=C(/CC)Nc1ncnc2nc[nH]c12. The van der Waals surface area contributed by atoms with E-state index in [0.29, 0.717) is 11.5 Å². The molecule has 21 heavy (non-hydrogen) atoms. The largest absolute Gasteiger partial charge is 0.340 e. The van der Waals surface area contributed by atoms with E-state index in [0.717, 1.165) is 29.0 Å². The lowest BCUT2D eigenvalue weighted by molar-refractivity contribution is 1.03. The second kappa shape index (κ2) is 6.78. The molecule has 2 aromatic heterocycles. The van der Waals surface area contributed by atoms with Gasteiger partial charge >= 0.3 is 0 Å². The van der Waals surface area contributed by atoms with Crippen LogP contribution in [0.2, 0.25) is 0 Å². The highest BCUT2D eigenvalue weighted by Gasteiger charge is 2.08. The molecule has 0 bridgehead atoms. The summed E-state index contributed by atoms with van der Waals surface area (Å²) in [4.78, 5) is 20.1. The van der Waals surface area contributed by atoms with Gasteiger partial charge in [-0.25, -0.2) is 15.0 Å². The number of rotatable bonds is 5. The maximum absolute atomic E-state index is 4.58. The van der Waals surface area contributed by atoms with Crippen molar-refractivity contribution in [3.63, 3.8) is 0 Å². The molecule has 0 aliphatic rings. The van der Waals surface area contributed by atoms with E-state index in [1.807, 2.05) is 32.9 Å². The maximum Gasteiger partial charge on any atom is 0.182 e. The molecule has 2 heterocycles. The van der Waals surface area contributed by atoms with Crippen LogP contribution in [0.3, 0.4) is 0 Å². The van der Waals surface area contributed by atoms with Crippen molar-refractivity contribution in [1.82, 2.24) is 19.9 Å². The molecule has 0 spiro atoms. The number of aliphatic imine (C=N–C) groups is 1. The highest BCUT2D eigenvalue weighted by molar-refractivity contribution is 5.93. The van der Waals surface area contributed by atoms with Gasteiger partial charge in [-0.2, -0.15) is 0 Å². The summed E-state index contributed by atoms with van der Waals surface area (Å²) < 4.78 is 0. The van der Waals surface area contributed by atoms with Crippen molar-refractivity contribution in [2.45, 2.75) is 34.1 Å². The number of H-pyrrole nitrogens is 1. The number of imidazole rings is 1. The molecule has 0 saturated carbocycles. The molecular weight excluding hydrogens is 264 g/mol. The predicted molar refractivity (Wildman–Crippen MR) is 86.2 cm³/mol. The molecule has 0 fully saturated rings. The van der Waals surface area contributed by atoms with Crippen LogP contribution in [0.25, 0.3) is 11.2 Å². The first-order chi connectivity index (χ1) is 10.2. The topological polar surface area (TPSA) is 78.8 Å². The molecule has 2 aromatic rings. The average Bonchev–Trinajstić information content (AvgIpc) is 2.93. The first kappa shape index (κ1) is 14.9. The van der Waals surface area contributed by atoms with Crippen LogP contribution in [0.5, 0.6) is 0 Å². The van der Waals surface area contributed by atoms with Crippen molar-refractivity contribution in [2.75, 3.05) is 5.32 Å². The van der Waals surface area contributed by atoms with Gasteiger partial charge in [-0.05, 0) is 33.3 Å². The third-order valence-corrected chi connectivity index (χ3v) is 3.03. The number of hydrogen-bond acceptors (Lipinski definition) is 5. The van der Waals surface area contributed by atoms with Crippen LogP contribution in [0.1, 0.15) is 34.1 Å². The summed E-state index contributed by atoms with van der Waals surface area (Å²) in [5, 5.41) is 3.33. The van der Waals surface area contributed by atoms with E-state index in [4.69, 9.17) is 0 Å². The van der Waals surface area contributed by atoms with Gasteiger partial charge in [-0.15, -0.1) is 0 Å². The number of nitrogens with one attached hydrogen (secondary N) is 2. The second-order valence-electron chi connectivity index (χ2n) is 4.62. The van der Waals surface area contributed by atoms with Crippen molar-refractivity contribution in [3.8, 4) is 0 Å². The van der Waals surface area contributed by atoms with Crippen molar-refractivity contribution in [3.05, 3.63) is 36.2 Å². The van der Waals surface area contributed by atoms with Crippen LogP contribution in [0.15, 0.2) is 41.2 Å². The summed E-state index contributed by atoms with van der Waals surface area (Å²) in [6.07, 6.45) is 7.90. The highest BCUT2D eigenvalue weighted by atomic mass is 15.1. The molecular formula is C15H20N6. The number of hydrogen-bond donors (Lipinski definition) is 2. The highest BCUT2D eigenvalue weighted by Crippen LogP contribution is 2.19. The first-order valence-corrected chi connectivity index (χ1v) is 6.94. The molecule has 110 valence electrons. The lowest BCUT2D eigenvalue weighted by Gasteiger charge is -2.11. The molecule has 0 aliphatic carbocycles. The van der Waals surface area contributed by atoms with Gasteiger partial charge < -0.3 is 10.3 Å². The van der Waals surface area contributed by atoms with Gasteiger partial charge in [0.1, 0.15) is 11.8 Å². The van der Waals surface area contributed by atoms with Crippen molar-refractivity contribution >= 4 is 22.7 Å². The summed E-state index contributed by atoms with van der Waals surface area (Å²) in [7, 11) is 0. The van der Waals surface area contributed by atoms with Crippen molar-refractivity contribution in [2.24, 2.45) is 4.99 Å². The minimum atomic E-state index is 0.647. The first-order valence-electron chi connectivity index (χ1n) is 6.94. The third-order valence-electron chi connectivity index (χ3n) is 3.03. The van der Waals surface area contributed by atoms with Gasteiger partial charge in [0.05, 0.1) is 12.0 Å². The fraction of sp³-hybridized carbons (Fsp3) is 0.333. The number of aromatic nitrogens is 4. The fourth-order valence-corrected chi connectivity index (χ4v) is 2.05. The summed E-state index contributed by atoms with van der Waals surface area (Å²) in [6.45, 7) is 8.03. The predicted octanol–water partition coefficient (Wildman–Crippen LogP) is 3.44. The Balaban J connectivity index is 2.34. The molecule has 6 nitrogen and oxygen atoms in total. The van der Waals surface area contributed by atoms with Gasteiger partial charge in [-0.1, -0.05) is 13.0 Å². The van der Waals surface area contributed by atoms with E-state index in [2.05, 4.69) is 37.2 Å². The summed E-state index contributed by atoms with van der Waals surface area (Å²) in [5.41, 5.74) is 4.38. The van der Waals surface area contributed by atoms with E-state index in [1.165, 1.54) is 6.33 Å². The standard InChI is InChI=1S/C15H20N6/c1-5-7-10(3)20-11(4)12(6-2)21-15-13-14(17-8-16-13)18-9-19-15/h5,7-9H,6H2,1-4H3,(H2,16,17,18,19,21)/b7-5-,12-11-,20-10+. The normalized spacial score (nSPS) is 13.8. The fourth-order valence-electron chi connectivity index (χ4n) is 2.05. The van der Waals surface area contributed by atoms with Crippen LogP contribution >= 0.6 is 0 Å². The summed E-state index contributed by atoms with van der Waals surface area (Å²) in [5.74, 6) is 0.715. The van der Waals surface area contributed by atoms with Crippen molar-refractivity contribution in [1.29, 1.82) is 0 Å². The Morgan fingerprint density at radius 3 is 2.86 bits per heavy atom. The lowest BCUT2D eigenvalue weighted by atomic mass is 10.2. The third kappa shape index (κ3) is 3.53. The zero-order valence-electron chi connectivity index (χ0n) is 12.8. The molecule has 0 radical (unpaired) electrons. The van der Waals surface area contributed by atoms with Crippen LogP contribution in [-0.4, -0.2) is 25.6 Å². The molecule has 0 amide bonds. The Morgan fingerprint density at radius 2 is 2.14 bits per heavy atom.